The summed E-state index contributed by atoms with van der Waals surface area (Å²) in [6.45, 7) is 2.09. The Kier molecular flexibility index (Phi) is 6.18. The van der Waals surface area contributed by atoms with Gasteiger partial charge in [0.05, 0.1) is 6.33 Å². The molecule has 0 bridgehead atoms. The van der Waals surface area contributed by atoms with Crippen LogP contribution in [-0.2, 0) is 16.0 Å². The first-order valence-electron chi connectivity index (χ1n) is 6.42. The summed E-state index contributed by atoms with van der Waals surface area (Å²) in [5.41, 5.74) is 0.592. The van der Waals surface area contributed by atoms with Crippen LogP contribution in [0, 0.1) is 0 Å². The fraction of sp³-hybridized carbons (Fsp3) is 0.500. The first-order chi connectivity index (χ1) is 9.93. The van der Waals surface area contributed by atoms with E-state index in [1.54, 1.807) is 6.92 Å². The summed E-state index contributed by atoms with van der Waals surface area (Å²) >= 11 is 0. The molecule has 0 aliphatic heterocycles. The average molecular weight is 297 g/mol. The Morgan fingerprint density at radius 1 is 1.48 bits per heavy atom. The maximum absolute atomic E-state index is 11.9. The maximum Gasteiger partial charge on any atom is 0.326 e. The molecule has 1 atom stereocenters. The first-order valence-corrected chi connectivity index (χ1v) is 6.42. The van der Waals surface area contributed by atoms with Gasteiger partial charge in [0.25, 0.3) is 0 Å². The largest absolute Gasteiger partial charge is 0.480 e. The number of nitrogens with zero attached hydrogens (tertiary/aromatic N) is 2. The molecular formula is C12H19N5O4. The summed E-state index contributed by atoms with van der Waals surface area (Å²) < 4.78 is 0. The van der Waals surface area contributed by atoms with Crippen LogP contribution in [0.4, 0.5) is 4.79 Å². The number of carbonyl (C=O) groups excluding carboxylic acids is 2. The number of carboxylic acid groups (broad SMARTS) is 1. The number of likely N-dealkylation sites (N-methyl/N-ethyl adjacent to an activating group) is 2. The molecule has 0 unspecified atom stereocenters. The second-order valence-electron chi connectivity index (χ2n) is 4.43. The summed E-state index contributed by atoms with van der Waals surface area (Å²) in [7, 11) is 1.42. The lowest BCUT2D eigenvalue weighted by atomic mass is 10.1. The minimum atomic E-state index is -1.16. The number of amides is 3. The zero-order valence-electron chi connectivity index (χ0n) is 11.9. The number of aromatic amines is 1. The van der Waals surface area contributed by atoms with Gasteiger partial charge < -0.3 is 25.6 Å². The van der Waals surface area contributed by atoms with E-state index in [9.17, 15) is 14.4 Å². The van der Waals surface area contributed by atoms with Crippen molar-refractivity contribution in [2.24, 2.45) is 0 Å². The predicted molar refractivity (Wildman–Crippen MR) is 73.6 cm³/mol. The van der Waals surface area contributed by atoms with E-state index in [1.165, 1.54) is 19.6 Å². The van der Waals surface area contributed by atoms with Crippen LogP contribution in [0.15, 0.2) is 12.5 Å². The predicted octanol–water partition coefficient (Wildman–Crippen LogP) is -0.817. The van der Waals surface area contributed by atoms with Crippen molar-refractivity contribution in [1.82, 2.24) is 25.5 Å². The summed E-state index contributed by atoms with van der Waals surface area (Å²) in [4.78, 5) is 42.1. The number of nitrogens with one attached hydrogen (secondary N) is 3. The Labute approximate surface area is 121 Å². The molecule has 1 aromatic heterocycles. The van der Waals surface area contributed by atoms with Gasteiger partial charge in [-0.3, -0.25) is 4.79 Å². The minimum Gasteiger partial charge on any atom is -0.480 e. The number of H-pyrrole nitrogens is 1. The molecule has 0 radical (unpaired) electrons. The number of aromatic nitrogens is 2. The normalized spacial score (nSPS) is 11.5. The van der Waals surface area contributed by atoms with Gasteiger partial charge in [-0.25, -0.2) is 14.6 Å². The molecule has 1 heterocycles. The number of imidazole rings is 1. The number of rotatable bonds is 7. The number of carboxylic acids is 1. The molecule has 0 saturated heterocycles. The Balaban J connectivity index is 2.55. The minimum absolute atomic E-state index is 0.0794. The van der Waals surface area contributed by atoms with Crippen LogP contribution >= 0.6 is 0 Å². The molecule has 0 aliphatic rings. The molecule has 0 saturated carbocycles. The molecule has 0 fully saturated rings. The molecule has 0 aromatic carbocycles. The van der Waals surface area contributed by atoms with Gasteiger partial charge in [0.1, 0.15) is 12.6 Å². The van der Waals surface area contributed by atoms with Crippen molar-refractivity contribution in [1.29, 1.82) is 0 Å². The lowest BCUT2D eigenvalue weighted by molar-refractivity contribution is -0.139. The van der Waals surface area contributed by atoms with Crippen LogP contribution in [0.25, 0.3) is 0 Å². The Bertz CT molecular complexity index is 488. The number of carbonyl (C=O) groups is 3. The number of aliphatic carboxylic acids is 1. The fourth-order valence-electron chi connectivity index (χ4n) is 1.62. The van der Waals surface area contributed by atoms with Crippen LogP contribution < -0.4 is 10.6 Å². The van der Waals surface area contributed by atoms with Gasteiger partial charge in [-0.15, -0.1) is 0 Å². The molecule has 3 amide bonds. The van der Waals surface area contributed by atoms with E-state index in [0.29, 0.717) is 12.2 Å². The Morgan fingerprint density at radius 2 is 2.19 bits per heavy atom. The van der Waals surface area contributed by atoms with Crippen molar-refractivity contribution in [2.45, 2.75) is 19.4 Å². The third kappa shape index (κ3) is 5.51. The molecule has 9 heteroatoms. The molecule has 0 aliphatic carbocycles. The van der Waals surface area contributed by atoms with Gasteiger partial charge >= 0.3 is 12.0 Å². The molecule has 9 nitrogen and oxygen atoms in total. The molecular weight excluding hydrogens is 278 g/mol. The summed E-state index contributed by atoms with van der Waals surface area (Å²) in [5, 5.41) is 14.0. The van der Waals surface area contributed by atoms with Gasteiger partial charge in [0.2, 0.25) is 5.91 Å². The highest BCUT2D eigenvalue weighted by molar-refractivity contribution is 5.86. The summed E-state index contributed by atoms with van der Waals surface area (Å²) in [5.74, 6) is -1.47. The lowest BCUT2D eigenvalue weighted by Crippen LogP contribution is -2.49. The van der Waals surface area contributed by atoms with Crippen molar-refractivity contribution < 1.29 is 19.5 Å². The zero-order valence-corrected chi connectivity index (χ0v) is 11.9. The van der Waals surface area contributed by atoms with E-state index >= 15 is 0 Å². The monoisotopic (exact) mass is 297 g/mol. The van der Waals surface area contributed by atoms with Gasteiger partial charge in [-0.05, 0) is 6.92 Å². The summed E-state index contributed by atoms with van der Waals surface area (Å²) in [6.07, 6.45) is 2.99. The van der Waals surface area contributed by atoms with Crippen LogP contribution in [0.3, 0.4) is 0 Å². The van der Waals surface area contributed by atoms with E-state index in [0.717, 1.165) is 4.90 Å². The van der Waals surface area contributed by atoms with Gasteiger partial charge in [-0.1, -0.05) is 0 Å². The van der Waals surface area contributed by atoms with E-state index in [-0.39, 0.29) is 18.9 Å². The van der Waals surface area contributed by atoms with Gasteiger partial charge in [0.15, 0.2) is 0 Å². The number of hydrogen-bond acceptors (Lipinski definition) is 4. The maximum atomic E-state index is 11.9. The quantitative estimate of drug-likeness (QED) is 0.523. The van der Waals surface area contributed by atoms with E-state index in [4.69, 9.17) is 5.11 Å². The van der Waals surface area contributed by atoms with Gasteiger partial charge in [-0.2, -0.15) is 0 Å². The Morgan fingerprint density at radius 3 is 2.71 bits per heavy atom. The van der Waals surface area contributed by atoms with Crippen molar-refractivity contribution in [2.75, 3.05) is 20.1 Å². The Hall–Kier alpha value is -2.58. The average Bonchev–Trinajstić information content (AvgIpc) is 2.90. The standard InChI is InChI=1S/C12H19N5O4/c1-3-14-10(18)6-17(2)12(21)16-9(11(19)20)4-8-5-13-7-15-8/h5,7,9H,3-4,6H2,1-2H3,(H,13,15)(H,14,18)(H,16,21)(H,19,20)/t9-/m0/s1. The molecule has 21 heavy (non-hydrogen) atoms. The highest BCUT2D eigenvalue weighted by Gasteiger charge is 2.23. The van der Waals surface area contributed by atoms with Gasteiger partial charge in [0, 0.05) is 31.9 Å². The summed E-state index contributed by atoms with van der Waals surface area (Å²) in [6, 6.07) is -1.73. The molecule has 1 aromatic rings. The van der Waals surface area contributed by atoms with E-state index in [1.807, 2.05) is 0 Å². The fourth-order valence-corrected chi connectivity index (χ4v) is 1.62. The second-order valence-corrected chi connectivity index (χ2v) is 4.43. The van der Waals surface area contributed by atoms with Crippen LogP contribution in [0.1, 0.15) is 12.6 Å². The van der Waals surface area contributed by atoms with Crippen LogP contribution in [0.2, 0.25) is 0 Å². The van der Waals surface area contributed by atoms with Crippen LogP contribution in [0.5, 0.6) is 0 Å². The van der Waals surface area contributed by atoms with Crippen molar-refractivity contribution in [3.8, 4) is 0 Å². The zero-order chi connectivity index (χ0) is 15.8. The van der Waals surface area contributed by atoms with E-state index in [2.05, 4.69) is 20.6 Å². The first kappa shape index (κ1) is 16.5. The topological polar surface area (TPSA) is 127 Å². The smallest absolute Gasteiger partial charge is 0.326 e. The number of urea groups is 1. The molecule has 116 valence electrons. The highest BCUT2D eigenvalue weighted by atomic mass is 16.4. The third-order valence-corrected chi connectivity index (χ3v) is 2.68. The SMILES string of the molecule is CCNC(=O)CN(C)C(=O)N[C@@H](Cc1cnc[nH]1)C(=O)O. The highest BCUT2D eigenvalue weighted by Crippen LogP contribution is 2.00. The van der Waals surface area contributed by atoms with Crippen molar-refractivity contribution >= 4 is 17.9 Å². The molecule has 0 spiro atoms. The molecule has 1 rings (SSSR count). The van der Waals surface area contributed by atoms with Crippen molar-refractivity contribution in [3.05, 3.63) is 18.2 Å². The second kappa shape index (κ2) is 7.88. The van der Waals surface area contributed by atoms with Crippen molar-refractivity contribution in [3.63, 3.8) is 0 Å². The van der Waals surface area contributed by atoms with Crippen LogP contribution in [-0.4, -0.2) is 64.1 Å². The number of hydrogen-bond donors (Lipinski definition) is 4. The third-order valence-electron chi connectivity index (χ3n) is 2.68. The van der Waals surface area contributed by atoms with E-state index < -0.39 is 18.0 Å². The molecule has 4 N–H and O–H groups in total. The lowest BCUT2D eigenvalue weighted by Gasteiger charge is -2.20.